The first-order valence-electron chi connectivity index (χ1n) is 11.8. The van der Waals surface area contributed by atoms with Crippen LogP contribution in [0.2, 0.25) is 0 Å². The van der Waals surface area contributed by atoms with Crippen molar-refractivity contribution in [2.45, 2.75) is 78.5 Å². The number of unbranched alkanes of at least 4 members (excludes halogenated alkanes) is 2. The molecule has 1 fully saturated rings. The van der Waals surface area contributed by atoms with E-state index in [0.29, 0.717) is 37.3 Å². The lowest BCUT2D eigenvalue weighted by Gasteiger charge is -2.44. The zero-order valence-electron chi connectivity index (χ0n) is 20.6. The molecule has 0 radical (unpaired) electrons. The molecule has 178 valence electrons. The molecule has 32 heavy (non-hydrogen) atoms. The van der Waals surface area contributed by atoms with E-state index in [0.717, 1.165) is 31.4 Å². The fourth-order valence-corrected chi connectivity index (χ4v) is 3.99. The van der Waals surface area contributed by atoms with Crippen LogP contribution in [0, 0.1) is 0 Å². The van der Waals surface area contributed by atoms with E-state index in [4.69, 9.17) is 9.47 Å². The van der Waals surface area contributed by atoms with Crippen LogP contribution >= 0.6 is 0 Å². The van der Waals surface area contributed by atoms with Crippen molar-refractivity contribution in [1.82, 2.24) is 9.80 Å². The molecule has 0 aliphatic carbocycles. The number of allylic oxidation sites excluding steroid dienone is 1. The quantitative estimate of drug-likeness (QED) is 0.398. The summed E-state index contributed by atoms with van der Waals surface area (Å²) >= 11 is 0. The lowest BCUT2D eigenvalue weighted by molar-refractivity contribution is -0.00780. The lowest BCUT2D eigenvalue weighted by Crippen LogP contribution is -2.58. The third-order valence-corrected chi connectivity index (χ3v) is 5.52. The van der Waals surface area contributed by atoms with Gasteiger partial charge in [0.1, 0.15) is 5.60 Å². The Bertz CT molecular complexity index is 755. The molecule has 0 unspecified atom stereocenters. The zero-order chi connectivity index (χ0) is 23.7. The van der Waals surface area contributed by atoms with Gasteiger partial charge in [-0.15, -0.1) is 0 Å². The Balaban J connectivity index is 1.71. The number of benzene rings is 1. The van der Waals surface area contributed by atoms with Gasteiger partial charge in [-0.05, 0) is 85.0 Å². The van der Waals surface area contributed by atoms with E-state index in [1.54, 1.807) is 19.1 Å². The van der Waals surface area contributed by atoms with Crippen molar-refractivity contribution in [3.05, 3.63) is 41.5 Å². The summed E-state index contributed by atoms with van der Waals surface area (Å²) in [5, 5.41) is 0. The van der Waals surface area contributed by atoms with E-state index in [-0.39, 0.29) is 12.1 Å². The number of amides is 1. The molecular weight excluding hydrogens is 404 g/mol. The average Bonchev–Trinajstić information content (AvgIpc) is 2.71. The van der Waals surface area contributed by atoms with Gasteiger partial charge in [-0.3, -0.25) is 4.90 Å². The Morgan fingerprint density at radius 2 is 1.69 bits per heavy atom. The van der Waals surface area contributed by atoms with E-state index < -0.39 is 5.60 Å². The number of carbonyl (C=O) groups is 2. The maximum Gasteiger partial charge on any atom is 0.410 e. The van der Waals surface area contributed by atoms with Gasteiger partial charge in [0.2, 0.25) is 0 Å². The Morgan fingerprint density at radius 3 is 2.25 bits per heavy atom. The van der Waals surface area contributed by atoms with E-state index in [1.807, 2.05) is 37.8 Å². The number of carbonyl (C=O) groups excluding carboxylic acids is 2. The number of hydrogen-bond donors (Lipinski definition) is 0. The van der Waals surface area contributed by atoms with Gasteiger partial charge in [0, 0.05) is 25.2 Å². The number of hydrogen-bond acceptors (Lipinski definition) is 5. The minimum absolute atomic E-state index is 0.212. The van der Waals surface area contributed by atoms with Gasteiger partial charge >= 0.3 is 12.1 Å². The zero-order valence-corrected chi connectivity index (χ0v) is 20.6. The Hall–Kier alpha value is -2.34. The highest BCUT2D eigenvalue weighted by Crippen LogP contribution is 2.19. The van der Waals surface area contributed by atoms with E-state index in [2.05, 4.69) is 30.9 Å². The Kier molecular flexibility index (Phi) is 9.76. The second-order valence-corrected chi connectivity index (χ2v) is 9.56. The van der Waals surface area contributed by atoms with Crippen LogP contribution in [-0.2, 0) is 9.47 Å². The molecule has 1 amide bonds. The average molecular weight is 445 g/mol. The maximum atomic E-state index is 12.4. The summed E-state index contributed by atoms with van der Waals surface area (Å²) < 4.78 is 10.5. The first-order valence-corrected chi connectivity index (χ1v) is 11.8. The van der Waals surface area contributed by atoms with Crippen LogP contribution in [0.5, 0.6) is 0 Å². The third kappa shape index (κ3) is 8.30. The molecule has 1 aromatic rings. The van der Waals surface area contributed by atoms with Crippen LogP contribution in [0.25, 0.3) is 6.08 Å². The summed E-state index contributed by atoms with van der Waals surface area (Å²) in [6.45, 7) is 14.7. The van der Waals surface area contributed by atoms with Crippen molar-refractivity contribution in [3.8, 4) is 0 Å². The molecule has 1 saturated heterocycles. The van der Waals surface area contributed by atoms with Crippen molar-refractivity contribution < 1.29 is 19.1 Å². The van der Waals surface area contributed by atoms with Crippen LogP contribution in [0.1, 0.15) is 76.7 Å². The molecule has 0 N–H and O–H groups in total. The molecule has 2 atom stereocenters. The summed E-state index contributed by atoms with van der Waals surface area (Å²) in [4.78, 5) is 28.4. The molecule has 6 nitrogen and oxygen atoms in total. The Morgan fingerprint density at radius 1 is 1.06 bits per heavy atom. The SMILES string of the molecule is CCOC(=O)c1ccc(/C=C/CCCCN2[C@H](C)CN(C(=O)OC(C)(C)C)C[C@@H]2C)cc1. The summed E-state index contributed by atoms with van der Waals surface area (Å²) in [6.07, 6.45) is 7.32. The van der Waals surface area contributed by atoms with Gasteiger partial charge < -0.3 is 14.4 Å². The van der Waals surface area contributed by atoms with Crippen molar-refractivity contribution in [2.24, 2.45) is 0 Å². The lowest BCUT2D eigenvalue weighted by atomic mass is 10.1. The number of rotatable bonds is 8. The van der Waals surface area contributed by atoms with Gasteiger partial charge in [-0.25, -0.2) is 9.59 Å². The predicted octanol–water partition coefficient (Wildman–Crippen LogP) is 5.38. The number of ether oxygens (including phenoxy) is 2. The summed E-state index contributed by atoms with van der Waals surface area (Å²) in [6, 6.07) is 8.13. The highest BCUT2D eigenvalue weighted by molar-refractivity contribution is 5.89. The van der Waals surface area contributed by atoms with E-state index >= 15 is 0 Å². The molecular formula is C26H40N2O4. The molecule has 2 rings (SSSR count). The first-order chi connectivity index (χ1) is 15.1. The van der Waals surface area contributed by atoms with Crippen LogP contribution in [0.4, 0.5) is 4.79 Å². The minimum atomic E-state index is -0.461. The Labute approximate surface area is 193 Å². The van der Waals surface area contributed by atoms with Crippen LogP contribution in [0.15, 0.2) is 30.3 Å². The topological polar surface area (TPSA) is 59.1 Å². The normalized spacial score (nSPS) is 19.9. The second-order valence-electron chi connectivity index (χ2n) is 9.56. The molecule has 1 heterocycles. The summed E-state index contributed by atoms with van der Waals surface area (Å²) in [5.41, 5.74) is 1.20. The van der Waals surface area contributed by atoms with Crippen molar-refractivity contribution >= 4 is 18.1 Å². The van der Waals surface area contributed by atoms with Crippen molar-refractivity contribution in [2.75, 3.05) is 26.2 Å². The molecule has 1 aliphatic heterocycles. The smallest absolute Gasteiger partial charge is 0.410 e. The largest absolute Gasteiger partial charge is 0.462 e. The second kappa shape index (κ2) is 12.0. The van der Waals surface area contributed by atoms with Crippen molar-refractivity contribution in [1.29, 1.82) is 0 Å². The molecule has 1 aliphatic rings. The van der Waals surface area contributed by atoms with Crippen LogP contribution in [0.3, 0.4) is 0 Å². The standard InChI is InChI=1S/C26H40N2O4/c1-7-31-24(29)23-15-13-22(14-16-23)12-10-8-9-11-17-28-20(2)18-27(19-21(28)3)25(30)32-26(4,5)6/h10,12-16,20-21H,7-9,11,17-19H2,1-6H3/b12-10+/t20-,21+. The maximum absolute atomic E-state index is 12.4. The van der Waals surface area contributed by atoms with Crippen molar-refractivity contribution in [3.63, 3.8) is 0 Å². The summed E-state index contributed by atoms with van der Waals surface area (Å²) in [5.74, 6) is -0.279. The van der Waals surface area contributed by atoms with E-state index in [1.165, 1.54) is 0 Å². The van der Waals surface area contributed by atoms with E-state index in [9.17, 15) is 9.59 Å². The first kappa shape index (κ1) is 25.9. The van der Waals surface area contributed by atoms with Crippen LogP contribution in [-0.4, -0.2) is 65.8 Å². The summed E-state index contributed by atoms with van der Waals surface area (Å²) in [7, 11) is 0. The molecule has 6 heteroatoms. The molecule has 0 aromatic heterocycles. The van der Waals surface area contributed by atoms with Gasteiger partial charge in [0.05, 0.1) is 12.2 Å². The highest BCUT2D eigenvalue weighted by atomic mass is 16.6. The van der Waals surface area contributed by atoms with Gasteiger partial charge in [-0.2, -0.15) is 0 Å². The predicted molar refractivity (Wildman–Crippen MR) is 129 cm³/mol. The van der Waals surface area contributed by atoms with Gasteiger partial charge in [0.25, 0.3) is 0 Å². The number of esters is 1. The fraction of sp³-hybridized carbons (Fsp3) is 0.615. The molecule has 1 aromatic carbocycles. The highest BCUT2D eigenvalue weighted by Gasteiger charge is 2.33. The van der Waals surface area contributed by atoms with Gasteiger partial charge in [-0.1, -0.05) is 24.3 Å². The monoisotopic (exact) mass is 444 g/mol. The molecule has 0 spiro atoms. The fourth-order valence-electron chi connectivity index (χ4n) is 3.99. The molecule has 0 saturated carbocycles. The van der Waals surface area contributed by atoms with Gasteiger partial charge in [0.15, 0.2) is 0 Å². The van der Waals surface area contributed by atoms with Crippen LogP contribution < -0.4 is 0 Å². The minimum Gasteiger partial charge on any atom is -0.462 e. The number of nitrogens with zero attached hydrogens (tertiary/aromatic N) is 2. The molecule has 0 bridgehead atoms. The number of piperazine rings is 1. The third-order valence-electron chi connectivity index (χ3n) is 5.52.